The zero-order valence-electron chi connectivity index (χ0n) is 17.3. The lowest BCUT2D eigenvalue weighted by atomic mass is 9.97. The number of nitrogens with zero attached hydrogens (tertiary/aromatic N) is 1. The quantitative estimate of drug-likeness (QED) is 0.679. The van der Waals surface area contributed by atoms with Crippen LogP contribution in [0, 0.1) is 11.7 Å². The number of sulfonamides is 1. The maximum Gasteiger partial charge on any atom is 0.243 e. The van der Waals surface area contributed by atoms with Gasteiger partial charge in [0.15, 0.2) is 0 Å². The largest absolute Gasteiger partial charge is 0.350 e. The number of hydrogen-bond donors (Lipinski definition) is 2. The lowest BCUT2D eigenvalue weighted by Crippen LogP contribution is -2.49. The van der Waals surface area contributed by atoms with Crippen LogP contribution in [0.4, 0.5) is 4.39 Å². The molecule has 1 heterocycles. The van der Waals surface area contributed by atoms with Crippen molar-refractivity contribution in [3.05, 3.63) is 66.0 Å². The van der Waals surface area contributed by atoms with E-state index < -0.39 is 21.9 Å². The van der Waals surface area contributed by atoms with Crippen LogP contribution in [0.5, 0.6) is 0 Å². The summed E-state index contributed by atoms with van der Waals surface area (Å²) in [4.78, 5) is 24.8. The number of carbonyl (C=O) groups is 2. The van der Waals surface area contributed by atoms with E-state index in [-0.39, 0.29) is 35.7 Å². The van der Waals surface area contributed by atoms with E-state index >= 15 is 0 Å². The molecule has 1 aliphatic rings. The lowest BCUT2D eigenvalue weighted by molar-refractivity contribution is -0.131. The van der Waals surface area contributed by atoms with Crippen molar-refractivity contribution in [3.8, 4) is 0 Å². The maximum atomic E-state index is 13.1. The predicted molar refractivity (Wildman–Crippen MR) is 114 cm³/mol. The van der Waals surface area contributed by atoms with Crippen molar-refractivity contribution < 1.29 is 22.4 Å². The Hall–Kier alpha value is -2.78. The van der Waals surface area contributed by atoms with E-state index in [0.29, 0.717) is 19.4 Å². The summed E-state index contributed by atoms with van der Waals surface area (Å²) in [5.74, 6) is -1.42. The zero-order chi connectivity index (χ0) is 22.4. The van der Waals surface area contributed by atoms with Crippen LogP contribution in [-0.4, -0.2) is 43.7 Å². The van der Waals surface area contributed by atoms with Gasteiger partial charge in [-0.15, -0.1) is 0 Å². The number of benzene rings is 2. The van der Waals surface area contributed by atoms with E-state index in [0.717, 1.165) is 17.7 Å². The van der Waals surface area contributed by atoms with Crippen molar-refractivity contribution in [2.24, 2.45) is 5.92 Å². The predicted octanol–water partition coefficient (Wildman–Crippen LogP) is 2.05. The molecule has 3 rings (SSSR count). The van der Waals surface area contributed by atoms with Gasteiger partial charge in [0, 0.05) is 25.6 Å². The molecule has 2 amide bonds. The summed E-state index contributed by atoms with van der Waals surface area (Å²) >= 11 is 0. The second-order valence-corrected chi connectivity index (χ2v) is 9.50. The second-order valence-electron chi connectivity index (χ2n) is 7.57. The van der Waals surface area contributed by atoms with Crippen molar-refractivity contribution in [2.75, 3.05) is 13.1 Å². The molecular weight excluding hydrogens is 421 g/mol. The topological polar surface area (TPSA) is 95.6 Å². The van der Waals surface area contributed by atoms with E-state index in [1.165, 1.54) is 16.4 Å². The molecule has 1 fully saturated rings. The van der Waals surface area contributed by atoms with E-state index in [9.17, 15) is 22.4 Å². The Bertz CT molecular complexity index is 1000. The van der Waals surface area contributed by atoms with Crippen LogP contribution in [0.15, 0.2) is 59.5 Å². The third-order valence-electron chi connectivity index (χ3n) is 5.34. The SMILES string of the molecule is C[C@H](NC(=O)C1CCN(S(=O)(=O)c2ccc(F)cc2)CC1)C(=O)NCc1ccccc1. The van der Waals surface area contributed by atoms with E-state index in [1.807, 2.05) is 30.3 Å². The standard InChI is InChI=1S/C22H26FN3O4S/c1-16(21(27)24-15-17-5-3-2-4-6-17)25-22(28)18-11-13-26(14-12-18)31(29,30)20-9-7-19(23)8-10-20/h2-10,16,18H,11-15H2,1H3,(H,24,27)(H,25,28)/t16-/m0/s1. The van der Waals surface area contributed by atoms with Gasteiger partial charge in [-0.3, -0.25) is 9.59 Å². The number of halogens is 1. The summed E-state index contributed by atoms with van der Waals surface area (Å²) in [6.07, 6.45) is 0.704. The van der Waals surface area contributed by atoms with Gasteiger partial charge < -0.3 is 10.6 Å². The first-order valence-corrected chi connectivity index (χ1v) is 11.6. The minimum atomic E-state index is -3.73. The van der Waals surface area contributed by atoms with Gasteiger partial charge in [0.05, 0.1) is 4.90 Å². The highest BCUT2D eigenvalue weighted by atomic mass is 32.2. The minimum absolute atomic E-state index is 0.0283. The Kier molecular flexibility index (Phi) is 7.40. The Morgan fingerprint density at radius 2 is 1.68 bits per heavy atom. The Morgan fingerprint density at radius 3 is 2.29 bits per heavy atom. The summed E-state index contributed by atoms with van der Waals surface area (Å²) in [6, 6.07) is 13.5. The van der Waals surface area contributed by atoms with E-state index in [1.54, 1.807) is 6.92 Å². The molecule has 2 aromatic carbocycles. The molecule has 0 aromatic heterocycles. The van der Waals surface area contributed by atoms with Crippen LogP contribution in [0.25, 0.3) is 0 Å². The van der Waals surface area contributed by atoms with Crippen molar-refractivity contribution in [1.82, 2.24) is 14.9 Å². The fraction of sp³-hybridized carbons (Fsp3) is 0.364. The Labute approximate surface area is 181 Å². The average molecular weight is 448 g/mol. The molecular formula is C22H26FN3O4S. The molecule has 1 atom stereocenters. The highest BCUT2D eigenvalue weighted by Gasteiger charge is 2.32. The molecule has 0 aliphatic carbocycles. The second kappa shape index (κ2) is 10.0. The first-order valence-electron chi connectivity index (χ1n) is 10.1. The molecule has 9 heteroatoms. The molecule has 2 N–H and O–H groups in total. The van der Waals surface area contributed by atoms with Gasteiger partial charge >= 0.3 is 0 Å². The fourth-order valence-corrected chi connectivity index (χ4v) is 4.92. The molecule has 1 aliphatic heterocycles. The average Bonchev–Trinajstić information content (AvgIpc) is 2.78. The normalized spacial score (nSPS) is 16.5. The van der Waals surface area contributed by atoms with Crippen molar-refractivity contribution in [3.63, 3.8) is 0 Å². The Morgan fingerprint density at radius 1 is 1.06 bits per heavy atom. The molecule has 1 saturated heterocycles. The third kappa shape index (κ3) is 5.89. The molecule has 0 bridgehead atoms. The van der Waals surface area contributed by atoms with Crippen LogP contribution < -0.4 is 10.6 Å². The van der Waals surface area contributed by atoms with Crippen LogP contribution in [-0.2, 0) is 26.2 Å². The molecule has 0 saturated carbocycles. The van der Waals surface area contributed by atoms with Crippen LogP contribution in [0.2, 0.25) is 0 Å². The lowest BCUT2D eigenvalue weighted by Gasteiger charge is -2.31. The van der Waals surface area contributed by atoms with Crippen LogP contribution in [0.1, 0.15) is 25.3 Å². The summed E-state index contributed by atoms with van der Waals surface area (Å²) in [5, 5.41) is 5.50. The van der Waals surface area contributed by atoms with Crippen molar-refractivity contribution >= 4 is 21.8 Å². The summed E-state index contributed by atoms with van der Waals surface area (Å²) in [7, 11) is -3.73. The molecule has 2 aromatic rings. The molecule has 166 valence electrons. The fourth-order valence-electron chi connectivity index (χ4n) is 3.45. The number of nitrogens with one attached hydrogen (secondary N) is 2. The van der Waals surface area contributed by atoms with Gasteiger partial charge in [-0.05, 0) is 49.6 Å². The number of piperidine rings is 1. The van der Waals surface area contributed by atoms with Gasteiger partial charge in [-0.25, -0.2) is 12.8 Å². The van der Waals surface area contributed by atoms with Gasteiger partial charge in [0.2, 0.25) is 21.8 Å². The van der Waals surface area contributed by atoms with E-state index in [2.05, 4.69) is 10.6 Å². The van der Waals surface area contributed by atoms with E-state index in [4.69, 9.17) is 0 Å². The minimum Gasteiger partial charge on any atom is -0.350 e. The maximum absolute atomic E-state index is 13.1. The number of carbonyl (C=O) groups excluding carboxylic acids is 2. The van der Waals surface area contributed by atoms with Crippen LogP contribution in [0.3, 0.4) is 0 Å². The molecule has 0 unspecified atom stereocenters. The number of amides is 2. The summed E-state index contributed by atoms with van der Waals surface area (Å²) in [5.41, 5.74) is 0.962. The molecule has 0 radical (unpaired) electrons. The van der Waals surface area contributed by atoms with Gasteiger partial charge in [-0.1, -0.05) is 30.3 Å². The van der Waals surface area contributed by atoms with Crippen molar-refractivity contribution in [1.29, 1.82) is 0 Å². The van der Waals surface area contributed by atoms with Gasteiger partial charge in [0.25, 0.3) is 0 Å². The highest BCUT2D eigenvalue weighted by Crippen LogP contribution is 2.24. The smallest absolute Gasteiger partial charge is 0.243 e. The summed E-state index contributed by atoms with van der Waals surface area (Å²) in [6.45, 7) is 2.37. The first kappa shape index (κ1) is 22.9. The molecule has 7 nitrogen and oxygen atoms in total. The summed E-state index contributed by atoms with van der Waals surface area (Å²) < 4.78 is 39.7. The first-order chi connectivity index (χ1) is 14.8. The van der Waals surface area contributed by atoms with Crippen LogP contribution >= 0.6 is 0 Å². The van der Waals surface area contributed by atoms with Gasteiger partial charge in [0.1, 0.15) is 11.9 Å². The molecule has 31 heavy (non-hydrogen) atoms. The highest BCUT2D eigenvalue weighted by molar-refractivity contribution is 7.89. The van der Waals surface area contributed by atoms with Crippen molar-refractivity contribution in [2.45, 2.75) is 37.2 Å². The third-order valence-corrected chi connectivity index (χ3v) is 7.25. The number of rotatable bonds is 7. The molecule has 0 spiro atoms. The zero-order valence-corrected chi connectivity index (χ0v) is 18.1. The number of hydrogen-bond acceptors (Lipinski definition) is 4. The monoisotopic (exact) mass is 447 g/mol. The van der Waals surface area contributed by atoms with Gasteiger partial charge in [-0.2, -0.15) is 4.31 Å². The Balaban J connectivity index is 1.48.